The van der Waals surface area contributed by atoms with Crippen molar-refractivity contribution in [1.82, 2.24) is 9.21 Å². The minimum atomic E-state index is -3.70. The molecule has 34 heavy (non-hydrogen) atoms. The van der Waals surface area contributed by atoms with Crippen molar-refractivity contribution >= 4 is 15.9 Å². The summed E-state index contributed by atoms with van der Waals surface area (Å²) in [6.07, 6.45) is 3.75. The van der Waals surface area contributed by atoms with E-state index >= 15 is 0 Å². The van der Waals surface area contributed by atoms with Gasteiger partial charge in [-0.15, -0.1) is 0 Å². The Hall–Kier alpha value is -2.78. The second kappa shape index (κ2) is 10.7. The van der Waals surface area contributed by atoms with Crippen molar-refractivity contribution in [2.45, 2.75) is 44.0 Å². The van der Waals surface area contributed by atoms with Crippen LogP contribution in [0.3, 0.4) is 0 Å². The number of fused-ring (bicyclic) bond motifs is 1. The normalized spacial score (nSPS) is 16.5. The number of hydrogen-bond acceptors (Lipinski definition) is 6. The molecule has 2 aromatic carbocycles. The summed E-state index contributed by atoms with van der Waals surface area (Å²) in [5.74, 6) is 1.34. The summed E-state index contributed by atoms with van der Waals surface area (Å²) in [5, 5.41) is 0. The van der Waals surface area contributed by atoms with Gasteiger partial charge in [0.25, 0.3) is 5.91 Å². The third-order valence-electron chi connectivity index (χ3n) is 6.28. The van der Waals surface area contributed by atoms with E-state index in [1.165, 1.54) is 23.5 Å². The molecular formula is C25H32N2O6S. The quantitative estimate of drug-likeness (QED) is 0.591. The van der Waals surface area contributed by atoms with Gasteiger partial charge in [0.05, 0.1) is 17.6 Å². The molecular weight excluding hydrogens is 456 g/mol. The van der Waals surface area contributed by atoms with Gasteiger partial charge in [-0.05, 0) is 44.0 Å². The Morgan fingerprint density at radius 2 is 1.79 bits per heavy atom. The lowest BCUT2D eigenvalue weighted by molar-refractivity contribution is 0.0745. The number of carbonyl (C=O) groups excluding carboxylic acids is 1. The SMILES string of the molecule is CCN(Cc1cccc2c1OCCO2)C(=O)c1cc(S(=O)(=O)N2CCCCCC2)ccc1OC. The third kappa shape index (κ3) is 5.00. The molecule has 2 heterocycles. The smallest absolute Gasteiger partial charge is 0.257 e. The van der Waals surface area contributed by atoms with E-state index in [0.29, 0.717) is 56.6 Å². The number of amides is 1. The summed E-state index contributed by atoms with van der Waals surface area (Å²) in [4.78, 5) is 15.4. The molecule has 0 aliphatic carbocycles. The number of hydrogen-bond donors (Lipinski definition) is 0. The molecule has 0 saturated carbocycles. The maximum atomic E-state index is 13.6. The van der Waals surface area contributed by atoms with Crippen molar-refractivity contribution in [2.24, 2.45) is 0 Å². The van der Waals surface area contributed by atoms with Crippen LogP contribution in [0.1, 0.15) is 48.5 Å². The second-order valence-electron chi connectivity index (χ2n) is 8.44. The number of nitrogens with zero attached hydrogens (tertiary/aromatic N) is 2. The topological polar surface area (TPSA) is 85.4 Å². The van der Waals surface area contributed by atoms with E-state index in [4.69, 9.17) is 14.2 Å². The Morgan fingerprint density at radius 3 is 2.50 bits per heavy atom. The van der Waals surface area contributed by atoms with Crippen LogP contribution in [-0.2, 0) is 16.6 Å². The van der Waals surface area contributed by atoms with Crippen LogP contribution >= 0.6 is 0 Å². The average Bonchev–Trinajstić information content (AvgIpc) is 3.17. The van der Waals surface area contributed by atoms with Gasteiger partial charge in [0.15, 0.2) is 11.5 Å². The first-order valence-corrected chi connectivity index (χ1v) is 13.2. The first-order chi connectivity index (χ1) is 16.5. The monoisotopic (exact) mass is 488 g/mol. The molecule has 0 N–H and O–H groups in total. The van der Waals surface area contributed by atoms with Crippen molar-refractivity contribution < 1.29 is 27.4 Å². The van der Waals surface area contributed by atoms with Gasteiger partial charge in [0, 0.05) is 31.7 Å². The highest BCUT2D eigenvalue weighted by Gasteiger charge is 2.28. The molecule has 184 valence electrons. The predicted octanol–water partition coefficient (Wildman–Crippen LogP) is 3.69. The number of methoxy groups -OCH3 is 1. The van der Waals surface area contributed by atoms with Crippen molar-refractivity contribution in [1.29, 1.82) is 0 Å². The largest absolute Gasteiger partial charge is 0.496 e. The molecule has 0 aromatic heterocycles. The van der Waals surface area contributed by atoms with Gasteiger partial charge < -0.3 is 19.1 Å². The Bertz CT molecular complexity index is 1130. The number of sulfonamides is 1. The minimum absolute atomic E-state index is 0.114. The molecule has 2 aliphatic rings. The molecule has 4 rings (SSSR count). The standard InChI is InChI=1S/C25H32N2O6S/c1-3-26(18-19-9-8-10-23-24(19)33-16-15-32-23)25(28)21-17-20(11-12-22(21)31-2)34(29,30)27-13-6-4-5-7-14-27/h8-12,17H,3-7,13-16,18H2,1-2H3. The first-order valence-electron chi connectivity index (χ1n) is 11.8. The highest BCUT2D eigenvalue weighted by atomic mass is 32.2. The van der Waals surface area contributed by atoms with Gasteiger partial charge in [-0.1, -0.05) is 25.0 Å². The molecule has 1 saturated heterocycles. The summed E-state index contributed by atoms with van der Waals surface area (Å²) in [6.45, 7) is 4.55. The van der Waals surface area contributed by atoms with Crippen LogP contribution in [0.25, 0.3) is 0 Å². The van der Waals surface area contributed by atoms with Crippen LogP contribution in [0, 0.1) is 0 Å². The summed E-state index contributed by atoms with van der Waals surface area (Å²) in [5.41, 5.74) is 1.06. The molecule has 9 heteroatoms. The van der Waals surface area contributed by atoms with Gasteiger partial charge in [0.2, 0.25) is 10.0 Å². The van der Waals surface area contributed by atoms with Gasteiger partial charge in [-0.25, -0.2) is 8.42 Å². The van der Waals surface area contributed by atoms with Gasteiger partial charge in [0.1, 0.15) is 19.0 Å². The Kier molecular flexibility index (Phi) is 7.63. The lowest BCUT2D eigenvalue weighted by Gasteiger charge is -2.26. The summed E-state index contributed by atoms with van der Waals surface area (Å²) < 4.78 is 45.1. The average molecular weight is 489 g/mol. The first kappa shape index (κ1) is 24.3. The lowest BCUT2D eigenvalue weighted by atomic mass is 10.1. The highest BCUT2D eigenvalue weighted by molar-refractivity contribution is 7.89. The molecule has 2 aromatic rings. The fourth-order valence-corrected chi connectivity index (χ4v) is 5.95. The highest BCUT2D eigenvalue weighted by Crippen LogP contribution is 2.35. The molecule has 1 amide bonds. The molecule has 2 aliphatic heterocycles. The summed E-state index contributed by atoms with van der Waals surface area (Å²) >= 11 is 0. The Labute approximate surface area is 201 Å². The fourth-order valence-electron chi connectivity index (χ4n) is 4.41. The van der Waals surface area contributed by atoms with E-state index in [9.17, 15) is 13.2 Å². The minimum Gasteiger partial charge on any atom is -0.496 e. The van der Waals surface area contributed by atoms with Crippen LogP contribution in [-0.4, -0.2) is 63.5 Å². The number of rotatable bonds is 7. The zero-order valence-electron chi connectivity index (χ0n) is 19.8. The molecule has 8 nitrogen and oxygen atoms in total. The van der Waals surface area contributed by atoms with Crippen molar-refractivity contribution in [3.05, 3.63) is 47.5 Å². The fraction of sp³-hybridized carbons (Fsp3) is 0.480. The number of para-hydroxylation sites is 1. The molecule has 1 fully saturated rings. The van der Waals surface area contributed by atoms with Gasteiger partial charge in [-0.2, -0.15) is 4.31 Å². The van der Waals surface area contributed by atoms with Crippen LogP contribution < -0.4 is 14.2 Å². The summed E-state index contributed by atoms with van der Waals surface area (Å²) in [6, 6.07) is 10.1. The second-order valence-corrected chi connectivity index (χ2v) is 10.4. The number of ether oxygens (including phenoxy) is 3. The van der Waals surface area contributed by atoms with E-state index in [1.807, 2.05) is 25.1 Å². The van der Waals surface area contributed by atoms with E-state index < -0.39 is 10.0 Å². The van der Waals surface area contributed by atoms with Crippen molar-refractivity contribution in [2.75, 3.05) is 40.0 Å². The van der Waals surface area contributed by atoms with E-state index in [0.717, 1.165) is 31.2 Å². The number of benzene rings is 2. The van der Waals surface area contributed by atoms with E-state index in [-0.39, 0.29) is 16.4 Å². The maximum absolute atomic E-state index is 13.6. The molecule has 0 bridgehead atoms. The predicted molar refractivity (Wildman–Crippen MR) is 128 cm³/mol. The Balaban J connectivity index is 1.64. The van der Waals surface area contributed by atoms with Crippen molar-refractivity contribution in [3.63, 3.8) is 0 Å². The molecule has 0 spiro atoms. The zero-order valence-corrected chi connectivity index (χ0v) is 20.6. The zero-order chi connectivity index (χ0) is 24.1. The van der Waals surface area contributed by atoms with Gasteiger partial charge in [-0.3, -0.25) is 4.79 Å². The van der Waals surface area contributed by atoms with E-state index in [1.54, 1.807) is 11.0 Å². The van der Waals surface area contributed by atoms with E-state index in [2.05, 4.69) is 0 Å². The van der Waals surface area contributed by atoms with Crippen LogP contribution in [0.2, 0.25) is 0 Å². The summed E-state index contributed by atoms with van der Waals surface area (Å²) in [7, 11) is -2.22. The maximum Gasteiger partial charge on any atom is 0.257 e. The van der Waals surface area contributed by atoms with Crippen LogP contribution in [0.5, 0.6) is 17.2 Å². The van der Waals surface area contributed by atoms with Crippen molar-refractivity contribution in [3.8, 4) is 17.2 Å². The molecule has 0 atom stereocenters. The van der Waals surface area contributed by atoms with Crippen LogP contribution in [0.4, 0.5) is 0 Å². The molecule has 0 unspecified atom stereocenters. The molecule has 0 radical (unpaired) electrons. The third-order valence-corrected chi connectivity index (χ3v) is 8.18. The lowest BCUT2D eigenvalue weighted by Crippen LogP contribution is -2.33. The van der Waals surface area contributed by atoms with Gasteiger partial charge >= 0.3 is 0 Å². The van der Waals surface area contributed by atoms with Crippen LogP contribution in [0.15, 0.2) is 41.3 Å². The number of carbonyl (C=O) groups is 1. The Morgan fingerprint density at radius 1 is 1.06 bits per heavy atom.